The van der Waals surface area contributed by atoms with Crippen LogP contribution in [-0.4, -0.2) is 17.8 Å². The van der Waals surface area contributed by atoms with Gasteiger partial charge in [0.25, 0.3) is 0 Å². The molecular weight excluding hydrogens is 180 g/mol. The molecule has 3 heteroatoms. The highest BCUT2D eigenvalue weighted by Crippen LogP contribution is 2.18. The van der Waals surface area contributed by atoms with E-state index in [1.165, 1.54) is 17.7 Å². The van der Waals surface area contributed by atoms with Gasteiger partial charge in [0.15, 0.2) is 0 Å². The summed E-state index contributed by atoms with van der Waals surface area (Å²) in [6.07, 6.45) is 3.06. The summed E-state index contributed by atoms with van der Waals surface area (Å²) >= 11 is 1.96. The highest BCUT2D eigenvalue weighted by molar-refractivity contribution is 7.98. The van der Waals surface area contributed by atoms with E-state index in [-0.39, 0.29) is 0 Å². The average Bonchev–Trinajstić information content (AvgIpc) is 2.19. The molecule has 1 heterocycles. The minimum atomic E-state index is 1.01. The number of nitrogens with zero attached hydrogens (tertiary/aromatic N) is 1. The van der Waals surface area contributed by atoms with E-state index >= 15 is 0 Å². The first-order chi connectivity index (χ1) is 6.38. The van der Waals surface area contributed by atoms with Crippen LogP contribution in [0.4, 0.5) is 5.82 Å². The average molecular weight is 196 g/mol. The van der Waals surface area contributed by atoms with Crippen molar-refractivity contribution in [2.45, 2.75) is 19.1 Å². The Bertz CT molecular complexity index is 250. The Labute approximate surface area is 84.1 Å². The molecule has 1 N–H and O–H groups in total. The lowest BCUT2D eigenvalue weighted by Crippen LogP contribution is -1.96. The minimum Gasteiger partial charge on any atom is -0.373 e. The number of thioether (sulfide) groups is 1. The number of hydrogen-bond acceptors (Lipinski definition) is 3. The van der Waals surface area contributed by atoms with Gasteiger partial charge in [0.1, 0.15) is 5.82 Å². The van der Waals surface area contributed by atoms with Crippen molar-refractivity contribution < 1.29 is 0 Å². The van der Waals surface area contributed by atoms with E-state index in [1.54, 1.807) is 0 Å². The highest BCUT2D eigenvalue weighted by atomic mass is 32.2. The summed E-state index contributed by atoms with van der Waals surface area (Å²) in [6, 6.07) is 4.12. The fourth-order valence-corrected chi connectivity index (χ4v) is 1.99. The van der Waals surface area contributed by atoms with Gasteiger partial charge in [0.05, 0.1) is 0 Å². The Balaban J connectivity index is 2.54. The maximum absolute atomic E-state index is 4.25. The molecule has 2 nitrogen and oxygen atoms in total. The lowest BCUT2D eigenvalue weighted by Gasteiger charge is -2.06. The molecule has 0 saturated heterocycles. The molecule has 0 aliphatic heterocycles. The van der Waals surface area contributed by atoms with Crippen molar-refractivity contribution in [3.05, 3.63) is 23.9 Å². The summed E-state index contributed by atoms with van der Waals surface area (Å²) < 4.78 is 0. The van der Waals surface area contributed by atoms with E-state index in [1.807, 2.05) is 31.1 Å². The predicted molar refractivity (Wildman–Crippen MR) is 60.2 cm³/mol. The molecule has 0 saturated carbocycles. The maximum Gasteiger partial charge on any atom is 0.129 e. The molecular formula is C10H16N2S. The van der Waals surface area contributed by atoms with Gasteiger partial charge in [-0.1, -0.05) is 13.0 Å². The van der Waals surface area contributed by atoms with Crippen molar-refractivity contribution in [3.8, 4) is 0 Å². The fraction of sp³-hybridized carbons (Fsp3) is 0.500. The number of anilines is 1. The van der Waals surface area contributed by atoms with E-state index in [0.717, 1.165) is 11.6 Å². The number of nitrogens with one attached hydrogen (secondary N) is 1. The van der Waals surface area contributed by atoms with E-state index < -0.39 is 0 Å². The van der Waals surface area contributed by atoms with E-state index in [0.29, 0.717) is 0 Å². The van der Waals surface area contributed by atoms with Crippen LogP contribution < -0.4 is 5.32 Å². The zero-order valence-electron chi connectivity index (χ0n) is 8.21. The molecule has 0 aromatic carbocycles. The molecule has 0 aliphatic carbocycles. The monoisotopic (exact) mass is 196 g/mol. The van der Waals surface area contributed by atoms with Crippen molar-refractivity contribution in [2.75, 3.05) is 18.1 Å². The number of hydrogen-bond donors (Lipinski definition) is 1. The van der Waals surface area contributed by atoms with Crippen LogP contribution in [0.25, 0.3) is 0 Å². The van der Waals surface area contributed by atoms with Gasteiger partial charge >= 0.3 is 0 Å². The number of aromatic nitrogens is 1. The molecule has 0 aliphatic rings. The molecule has 0 radical (unpaired) electrons. The molecule has 0 spiro atoms. The first-order valence-corrected chi connectivity index (χ1v) is 5.73. The molecule has 0 unspecified atom stereocenters. The third-order valence-corrected chi connectivity index (χ3v) is 2.95. The van der Waals surface area contributed by atoms with Crippen LogP contribution in [0.15, 0.2) is 18.3 Å². The van der Waals surface area contributed by atoms with Crippen LogP contribution >= 0.6 is 11.8 Å². The molecule has 13 heavy (non-hydrogen) atoms. The first-order valence-electron chi connectivity index (χ1n) is 4.58. The van der Waals surface area contributed by atoms with Crippen LogP contribution in [0.3, 0.4) is 0 Å². The summed E-state index contributed by atoms with van der Waals surface area (Å²) in [6.45, 7) is 2.20. The SMILES string of the molecule is CCCSCc1cccnc1NC. The Hall–Kier alpha value is -0.700. The predicted octanol–water partition coefficient (Wildman–Crippen LogP) is 2.77. The second kappa shape index (κ2) is 5.86. The van der Waals surface area contributed by atoms with Crippen molar-refractivity contribution in [1.82, 2.24) is 4.98 Å². The topological polar surface area (TPSA) is 24.9 Å². The van der Waals surface area contributed by atoms with Gasteiger partial charge < -0.3 is 5.32 Å². The minimum absolute atomic E-state index is 1.01. The molecule has 0 fully saturated rings. The van der Waals surface area contributed by atoms with Crippen LogP contribution in [-0.2, 0) is 5.75 Å². The first kappa shape index (κ1) is 10.4. The fourth-order valence-electron chi connectivity index (χ4n) is 1.11. The lowest BCUT2D eigenvalue weighted by molar-refractivity contribution is 1.10. The van der Waals surface area contributed by atoms with Gasteiger partial charge in [-0.25, -0.2) is 4.98 Å². The zero-order chi connectivity index (χ0) is 9.52. The molecule has 0 bridgehead atoms. The lowest BCUT2D eigenvalue weighted by atomic mass is 10.3. The second-order valence-corrected chi connectivity index (χ2v) is 3.92. The summed E-state index contributed by atoms with van der Waals surface area (Å²) in [7, 11) is 1.91. The van der Waals surface area contributed by atoms with Crippen molar-refractivity contribution in [1.29, 1.82) is 0 Å². The Morgan fingerprint density at radius 2 is 2.38 bits per heavy atom. The summed E-state index contributed by atoms with van der Waals surface area (Å²) in [5, 5.41) is 3.10. The van der Waals surface area contributed by atoms with Gasteiger partial charge in [0, 0.05) is 24.6 Å². The third kappa shape index (κ3) is 3.27. The van der Waals surface area contributed by atoms with E-state index in [2.05, 4.69) is 23.3 Å². The molecule has 1 aromatic rings. The van der Waals surface area contributed by atoms with Crippen LogP contribution in [0, 0.1) is 0 Å². The van der Waals surface area contributed by atoms with Crippen LogP contribution in [0.1, 0.15) is 18.9 Å². The Morgan fingerprint density at radius 1 is 1.54 bits per heavy atom. The second-order valence-electron chi connectivity index (χ2n) is 2.81. The smallest absolute Gasteiger partial charge is 0.129 e. The van der Waals surface area contributed by atoms with Gasteiger partial charge in [-0.3, -0.25) is 0 Å². The van der Waals surface area contributed by atoms with Crippen molar-refractivity contribution >= 4 is 17.6 Å². The van der Waals surface area contributed by atoms with Gasteiger partial charge in [-0.15, -0.1) is 0 Å². The Morgan fingerprint density at radius 3 is 3.08 bits per heavy atom. The van der Waals surface area contributed by atoms with Gasteiger partial charge in [-0.05, 0) is 18.2 Å². The zero-order valence-corrected chi connectivity index (χ0v) is 9.03. The largest absolute Gasteiger partial charge is 0.373 e. The molecule has 1 aromatic heterocycles. The highest BCUT2D eigenvalue weighted by Gasteiger charge is 1.99. The van der Waals surface area contributed by atoms with Gasteiger partial charge in [0.2, 0.25) is 0 Å². The van der Waals surface area contributed by atoms with E-state index in [9.17, 15) is 0 Å². The normalized spacial score (nSPS) is 10.0. The number of pyridine rings is 1. The van der Waals surface area contributed by atoms with Crippen LogP contribution in [0.5, 0.6) is 0 Å². The van der Waals surface area contributed by atoms with E-state index in [4.69, 9.17) is 0 Å². The number of rotatable bonds is 5. The standard InChI is InChI=1S/C10H16N2S/c1-3-7-13-8-9-5-4-6-12-10(9)11-2/h4-6H,3,7-8H2,1-2H3,(H,11,12). The van der Waals surface area contributed by atoms with Crippen molar-refractivity contribution in [3.63, 3.8) is 0 Å². The maximum atomic E-state index is 4.25. The summed E-state index contributed by atoms with van der Waals surface area (Å²) in [4.78, 5) is 4.25. The third-order valence-electron chi connectivity index (χ3n) is 1.73. The Kier molecular flexibility index (Phi) is 4.68. The molecule has 72 valence electrons. The summed E-state index contributed by atoms with van der Waals surface area (Å²) in [5.41, 5.74) is 1.29. The van der Waals surface area contributed by atoms with Crippen LogP contribution in [0.2, 0.25) is 0 Å². The quantitative estimate of drug-likeness (QED) is 0.733. The van der Waals surface area contributed by atoms with Gasteiger partial charge in [-0.2, -0.15) is 11.8 Å². The molecule has 1 rings (SSSR count). The summed E-state index contributed by atoms with van der Waals surface area (Å²) in [5.74, 6) is 3.28. The molecule has 0 atom stereocenters. The molecule has 0 amide bonds. The van der Waals surface area contributed by atoms with Crippen molar-refractivity contribution in [2.24, 2.45) is 0 Å².